The molecule has 5 aliphatic rings. The van der Waals surface area contributed by atoms with E-state index >= 15 is 0 Å². The van der Waals surface area contributed by atoms with Gasteiger partial charge in [0.15, 0.2) is 11.4 Å². The van der Waals surface area contributed by atoms with E-state index in [-0.39, 0.29) is 5.41 Å². The lowest BCUT2D eigenvalue weighted by Gasteiger charge is -2.61. The fourth-order valence-corrected chi connectivity index (χ4v) is 12.9. The lowest BCUT2D eigenvalue weighted by molar-refractivity contribution is -0.0399. The number of fused-ring (bicyclic) bond motifs is 10. The molecule has 3 aromatic heterocycles. The van der Waals surface area contributed by atoms with Gasteiger partial charge in [-0.15, -0.1) is 0 Å². The highest BCUT2D eigenvalue weighted by Crippen LogP contribution is 2.70. The molecular formula is C54H38N2O2. The molecule has 7 aromatic carbocycles. The first-order valence-electron chi connectivity index (χ1n) is 21.1. The van der Waals surface area contributed by atoms with Crippen LogP contribution in [0.25, 0.3) is 99.7 Å². The van der Waals surface area contributed by atoms with E-state index in [1.165, 1.54) is 70.7 Å². The van der Waals surface area contributed by atoms with Gasteiger partial charge in [0, 0.05) is 38.3 Å². The third-order valence-corrected chi connectivity index (χ3v) is 14.9. The summed E-state index contributed by atoms with van der Waals surface area (Å²) in [4.78, 5) is 11.1. The average Bonchev–Trinajstić information content (AvgIpc) is 3.93. The molecule has 4 heteroatoms. The number of nitrogens with zero attached hydrogens (tertiary/aromatic N) is 2. The van der Waals surface area contributed by atoms with E-state index in [0.29, 0.717) is 23.2 Å². The van der Waals surface area contributed by atoms with Gasteiger partial charge in [0.25, 0.3) is 0 Å². The molecule has 4 bridgehead atoms. The van der Waals surface area contributed by atoms with Crippen molar-refractivity contribution in [1.29, 1.82) is 0 Å². The maximum absolute atomic E-state index is 6.65. The predicted molar refractivity (Wildman–Crippen MR) is 234 cm³/mol. The van der Waals surface area contributed by atoms with Crippen LogP contribution < -0.4 is 0 Å². The van der Waals surface area contributed by atoms with Crippen molar-refractivity contribution in [3.05, 3.63) is 157 Å². The van der Waals surface area contributed by atoms with Crippen LogP contribution in [0.2, 0.25) is 0 Å². The summed E-state index contributed by atoms with van der Waals surface area (Å²) in [7, 11) is 0. The summed E-state index contributed by atoms with van der Waals surface area (Å²) >= 11 is 0. The zero-order valence-corrected chi connectivity index (χ0v) is 31.9. The molecule has 4 nitrogen and oxygen atoms in total. The first kappa shape index (κ1) is 31.6. The first-order valence-corrected chi connectivity index (χ1v) is 21.1. The third-order valence-electron chi connectivity index (χ3n) is 14.9. The van der Waals surface area contributed by atoms with Gasteiger partial charge in [-0.05, 0) is 131 Å². The normalized spacial score (nSPS) is 22.9. The number of aromatic nitrogens is 2. The first-order chi connectivity index (χ1) is 28.7. The SMILES string of the molecule is c1ccc2c(c1)-c1c(ccc(-c3nc(-c4ccc5ccccc5c4)c4oc5ccccc5c4n3)c1-c1ccc3c(c1)oc1ccccc13)C21C2CC3CC(C2)CC1C3. The molecule has 0 saturated heterocycles. The van der Waals surface area contributed by atoms with Crippen molar-refractivity contribution in [1.82, 2.24) is 9.97 Å². The van der Waals surface area contributed by atoms with Crippen LogP contribution in [0.15, 0.2) is 154 Å². The second kappa shape index (κ2) is 11.3. The van der Waals surface area contributed by atoms with Crippen molar-refractivity contribution in [3.63, 3.8) is 0 Å². The highest BCUT2D eigenvalue weighted by Gasteiger charge is 2.61. The summed E-state index contributed by atoms with van der Waals surface area (Å²) in [6, 6.07) is 52.8. The molecular weight excluding hydrogens is 709 g/mol. The Labute approximate surface area is 335 Å². The van der Waals surface area contributed by atoms with Crippen molar-refractivity contribution in [2.45, 2.75) is 37.5 Å². The molecule has 5 aliphatic carbocycles. The maximum Gasteiger partial charge on any atom is 0.180 e. The monoisotopic (exact) mass is 746 g/mol. The van der Waals surface area contributed by atoms with Crippen LogP contribution in [0.5, 0.6) is 0 Å². The Bertz CT molecular complexity index is 3360. The van der Waals surface area contributed by atoms with Crippen LogP contribution in [-0.2, 0) is 5.41 Å². The summed E-state index contributed by atoms with van der Waals surface area (Å²) in [5.74, 6) is 3.77. The van der Waals surface area contributed by atoms with Gasteiger partial charge in [-0.25, -0.2) is 9.97 Å². The van der Waals surface area contributed by atoms with E-state index in [4.69, 9.17) is 18.8 Å². The number of hydrogen-bond acceptors (Lipinski definition) is 4. The molecule has 15 rings (SSSR count). The Morgan fingerprint density at radius 3 is 2.00 bits per heavy atom. The summed E-state index contributed by atoms with van der Waals surface area (Å²) in [5.41, 5.74) is 15.1. The van der Waals surface area contributed by atoms with Crippen LogP contribution >= 0.6 is 0 Å². The van der Waals surface area contributed by atoms with Crippen molar-refractivity contribution < 1.29 is 8.83 Å². The topological polar surface area (TPSA) is 52.1 Å². The number of benzene rings is 7. The summed E-state index contributed by atoms with van der Waals surface area (Å²) in [6.45, 7) is 0. The Kier molecular flexibility index (Phi) is 6.16. The minimum atomic E-state index is 0.0257. The molecule has 4 saturated carbocycles. The Hall–Kier alpha value is -6.52. The zero-order valence-electron chi connectivity index (χ0n) is 31.9. The van der Waals surface area contributed by atoms with Crippen LogP contribution in [0, 0.1) is 23.7 Å². The van der Waals surface area contributed by atoms with Crippen molar-refractivity contribution in [2.24, 2.45) is 23.7 Å². The van der Waals surface area contributed by atoms with Crippen LogP contribution in [-0.4, -0.2) is 9.97 Å². The quantitative estimate of drug-likeness (QED) is 0.181. The number of hydrogen-bond donors (Lipinski definition) is 0. The van der Waals surface area contributed by atoms with Gasteiger partial charge >= 0.3 is 0 Å². The van der Waals surface area contributed by atoms with E-state index in [1.54, 1.807) is 0 Å². The van der Waals surface area contributed by atoms with Gasteiger partial charge in [-0.2, -0.15) is 0 Å². The second-order valence-electron chi connectivity index (χ2n) is 17.7. The molecule has 3 heterocycles. The van der Waals surface area contributed by atoms with Gasteiger partial charge in [0.1, 0.15) is 28.0 Å². The smallest absolute Gasteiger partial charge is 0.180 e. The second-order valence-corrected chi connectivity index (χ2v) is 17.7. The summed E-state index contributed by atoms with van der Waals surface area (Å²) in [6.07, 6.45) is 6.79. The van der Waals surface area contributed by atoms with Crippen molar-refractivity contribution in [3.8, 4) is 44.9 Å². The Balaban J connectivity index is 1.09. The molecule has 58 heavy (non-hydrogen) atoms. The molecule has 276 valence electrons. The third kappa shape index (κ3) is 4.10. The van der Waals surface area contributed by atoms with Crippen LogP contribution in [0.3, 0.4) is 0 Å². The van der Waals surface area contributed by atoms with Gasteiger partial charge in [0.05, 0.1) is 0 Å². The fraction of sp³-hybridized carbons (Fsp3) is 0.185. The standard InChI is InChI=1S/C54H38N2O2/c1-2-10-33-28-35(18-17-32(33)9-1)50-52-51(41-13-5-8-16-46(41)58-52)56-53(55-50)42-21-22-44-49(48(42)34-19-20-39-38-11-4-7-15-45(38)57-47(39)29-34)40-12-3-6-14-43(40)54(44)36-24-30-23-31(26-36)27-37(54)25-30/h1-22,28-31,36-37H,23-27H2. The minimum Gasteiger partial charge on any atom is -0.456 e. The number of para-hydroxylation sites is 2. The molecule has 1 spiro atoms. The molecule has 0 unspecified atom stereocenters. The van der Waals surface area contributed by atoms with E-state index in [1.807, 2.05) is 12.1 Å². The Morgan fingerprint density at radius 2 is 1.16 bits per heavy atom. The Morgan fingerprint density at radius 1 is 0.466 bits per heavy atom. The summed E-state index contributed by atoms with van der Waals surface area (Å²) < 4.78 is 13.2. The van der Waals surface area contributed by atoms with E-state index in [2.05, 4.69) is 133 Å². The zero-order chi connectivity index (χ0) is 37.7. The van der Waals surface area contributed by atoms with E-state index in [0.717, 1.165) is 72.6 Å². The maximum atomic E-state index is 6.65. The highest BCUT2D eigenvalue weighted by atomic mass is 16.3. The molecule has 0 radical (unpaired) electrons. The molecule has 4 fully saturated rings. The largest absolute Gasteiger partial charge is 0.456 e. The summed E-state index contributed by atoms with van der Waals surface area (Å²) in [5, 5.41) is 5.63. The molecule has 0 N–H and O–H groups in total. The van der Waals surface area contributed by atoms with Crippen LogP contribution in [0.1, 0.15) is 43.2 Å². The van der Waals surface area contributed by atoms with Crippen molar-refractivity contribution in [2.75, 3.05) is 0 Å². The van der Waals surface area contributed by atoms with Gasteiger partial charge in [-0.1, -0.05) is 109 Å². The van der Waals surface area contributed by atoms with E-state index < -0.39 is 0 Å². The number of furan rings is 2. The number of rotatable bonds is 3. The lowest BCUT2D eigenvalue weighted by Crippen LogP contribution is -2.55. The van der Waals surface area contributed by atoms with Crippen molar-refractivity contribution >= 4 is 54.8 Å². The van der Waals surface area contributed by atoms with Crippen LogP contribution in [0.4, 0.5) is 0 Å². The molecule has 0 aliphatic heterocycles. The van der Waals surface area contributed by atoms with Gasteiger partial charge < -0.3 is 8.83 Å². The highest BCUT2D eigenvalue weighted by molar-refractivity contribution is 6.10. The average molecular weight is 747 g/mol. The fourth-order valence-electron chi connectivity index (χ4n) is 12.9. The molecule has 0 atom stereocenters. The van der Waals surface area contributed by atoms with E-state index in [9.17, 15) is 0 Å². The lowest BCUT2D eigenvalue weighted by atomic mass is 9.43. The molecule has 10 aromatic rings. The van der Waals surface area contributed by atoms with Gasteiger partial charge in [0.2, 0.25) is 0 Å². The van der Waals surface area contributed by atoms with Gasteiger partial charge in [-0.3, -0.25) is 0 Å². The predicted octanol–water partition coefficient (Wildman–Crippen LogP) is 14.2. The molecule has 0 amide bonds. The minimum absolute atomic E-state index is 0.0257.